The average molecular weight is 243 g/mol. The summed E-state index contributed by atoms with van der Waals surface area (Å²) in [6.07, 6.45) is 1.96. The lowest BCUT2D eigenvalue weighted by molar-refractivity contribution is -0.140. The standard InChI is InChI=1S/C12H21NO2S/c1-3-15-12(2)4-6-13(7-5-12)11(14)10-8-16-9-10/h10H,3-9H2,1-2H3. The molecule has 0 saturated carbocycles. The molecule has 0 aromatic rings. The first-order valence-electron chi connectivity index (χ1n) is 6.15. The van der Waals surface area contributed by atoms with E-state index < -0.39 is 0 Å². The molecule has 0 aromatic carbocycles. The number of thioether (sulfide) groups is 1. The molecule has 16 heavy (non-hydrogen) atoms. The Bertz CT molecular complexity index is 258. The SMILES string of the molecule is CCOC1(C)CCN(C(=O)C2CSC2)CC1. The zero-order valence-electron chi connectivity index (χ0n) is 10.2. The quantitative estimate of drug-likeness (QED) is 0.756. The van der Waals surface area contributed by atoms with E-state index in [-0.39, 0.29) is 5.60 Å². The van der Waals surface area contributed by atoms with Crippen molar-refractivity contribution in [1.29, 1.82) is 0 Å². The highest BCUT2D eigenvalue weighted by molar-refractivity contribution is 8.00. The van der Waals surface area contributed by atoms with Crippen LogP contribution in [0.4, 0.5) is 0 Å². The Labute approximate surface area is 102 Å². The van der Waals surface area contributed by atoms with Gasteiger partial charge in [-0.2, -0.15) is 11.8 Å². The molecule has 0 spiro atoms. The first-order chi connectivity index (χ1) is 7.64. The molecular weight excluding hydrogens is 222 g/mol. The van der Waals surface area contributed by atoms with Gasteiger partial charge in [0.1, 0.15) is 0 Å². The fourth-order valence-electron chi connectivity index (χ4n) is 2.33. The van der Waals surface area contributed by atoms with Crippen LogP contribution in [0.15, 0.2) is 0 Å². The fourth-order valence-corrected chi connectivity index (χ4v) is 3.09. The van der Waals surface area contributed by atoms with Gasteiger partial charge in [0.05, 0.1) is 11.5 Å². The number of amides is 1. The van der Waals surface area contributed by atoms with Crippen LogP contribution in [-0.4, -0.2) is 47.6 Å². The van der Waals surface area contributed by atoms with Crippen molar-refractivity contribution < 1.29 is 9.53 Å². The Hall–Kier alpha value is -0.220. The maximum Gasteiger partial charge on any atom is 0.227 e. The van der Waals surface area contributed by atoms with Crippen LogP contribution in [0.5, 0.6) is 0 Å². The van der Waals surface area contributed by atoms with E-state index in [1.807, 2.05) is 23.6 Å². The van der Waals surface area contributed by atoms with Gasteiger partial charge in [0.2, 0.25) is 5.91 Å². The summed E-state index contributed by atoms with van der Waals surface area (Å²) in [4.78, 5) is 14.1. The normalized spacial score (nSPS) is 25.2. The molecule has 2 fully saturated rings. The Kier molecular flexibility index (Phi) is 3.80. The van der Waals surface area contributed by atoms with Crippen molar-refractivity contribution in [2.75, 3.05) is 31.2 Å². The lowest BCUT2D eigenvalue weighted by atomic mass is 9.92. The minimum absolute atomic E-state index is 0.000106. The number of hydrogen-bond donors (Lipinski definition) is 0. The number of nitrogens with zero attached hydrogens (tertiary/aromatic N) is 1. The fraction of sp³-hybridized carbons (Fsp3) is 0.917. The summed E-state index contributed by atoms with van der Waals surface area (Å²) in [7, 11) is 0. The summed E-state index contributed by atoms with van der Waals surface area (Å²) in [5, 5.41) is 0. The molecular formula is C12H21NO2S. The van der Waals surface area contributed by atoms with Crippen LogP contribution in [0.25, 0.3) is 0 Å². The minimum atomic E-state index is -0.000106. The molecule has 92 valence electrons. The van der Waals surface area contributed by atoms with Gasteiger partial charge in [-0.3, -0.25) is 4.79 Å². The van der Waals surface area contributed by atoms with E-state index in [1.165, 1.54) is 0 Å². The number of carbonyl (C=O) groups is 1. The number of hydrogen-bond acceptors (Lipinski definition) is 3. The molecule has 2 aliphatic heterocycles. The third-order valence-electron chi connectivity index (χ3n) is 3.61. The van der Waals surface area contributed by atoms with Gasteiger partial charge in [-0.15, -0.1) is 0 Å². The van der Waals surface area contributed by atoms with Crippen LogP contribution in [0, 0.1) is 5.92 Å². The topological polar surface area (TPSA) is 29.5 Å². The molecule has 0 radical (unpaired) electrons. The highest BCUT2D eigenvalue weighted by Crippen LogP contribution is 2.30. The highest BCUT2D eigenvalue weighted by atomic mass is 32.2. The Morgan fingerprint density at radius 3 is 2.50 bits per heavy atom. The second-order valence-corrected chi connectivity index (χ2v) is 6.02. The second-order valence-electron chi connectivity index (χ2n) is 4.94. The largest absolute Gasteiger partial charge is 0.375 e. The van der Waals surface area contributed by atoms with Gasteiger partial charge < -0.3 is 9.64 Å². The number of carbonyl (C=O) groups excluding carboxylic acids is 1. The van der Waals surface area contributed by atoms with Gasteiger partial charge in [-0.25, -0.2) is 0 Å². The smallest absolute Gasteiger partial charge is 0.227 e. The van der Waals surface area contributed by atoms with Gasteiger partial charge >= 0.3 is 0 Å². The molecule has 0 N–H and O–H groups in total. The van der Waals surface area contributed by atoms with Crippen molar-refractivity contribution in [2.24, 2.45) is 5.92 Å². The molecule has 3 nitrogen and oxygen atoms in total. The lowest BCUT2D eigenvalue weighted by Crippen LogP contribution is -2.50. The number of rotatable bonds is 3. The summed E-state index contributed by atoms with van der Waals surface area (Å²) >= 11 is 1.87. The third-order valence-corrected chi connectivity index (χ3v) is 4.89. The van der Waals surface area contributed by atoms with Gasteiger partial charge in [0.15, 0.2) is 0 Å². The Morgan fingerprint density at radius 2 is 2.06 bits per heavy atom. The van der Waals surface area contributed by atoms with Crippen LogP contribution in [-0.2, 0) is 9.53 Å². The summed E-state index contributed by atoms with van der Waals surface area (Å²) in [6.45, 7) is 6.71. The molecule has 0 bridgehead atoms. The molecule has 4 heteroatoms. The van der Waals surface area contributed by atoms with Crippen LogP contribution in [0.1, 0.15) is 26.7 Å². The molecule has 0 unspecified atom stereocenters. The van der Waals surface area contributed by atoms with E-state index in [1.54, 1.807) is 0 Å². The highest BCUT2D eigenvalue weighted by Gasteiger charge is 2.36. The number of likely N-dealkylation sites (tertiary alicyclic amines) is 1. The molecule has 1 amide bonds. The predicted molar refractivity (Wildman–Crippen MR) is 66.7 cm³/mol. The monoisotopic (exact) mass is 243 g/mol. The van der Waals surface area contributed by atoms with Crippen molar-refractivity contribution in [3.8, 4) is 0 Å². The van der Waals surface area contributed by atoms with Crippen molar-refractivity contribution in [3.05, 3.63) is 0 Å². The average Bonchev–Trinajstić information content (AvgIpc) is 2.16. The van der Waals surface area contributed by atoms with Crippen LogP contribution < -0.4 is 0 Å². The Morgan fingerprint density at radius 1 is 1.44 bits per heavy atom. The van der Waals surface area contributed by atoms with Gasteiger partial charge in [-0.05, 0) is 26.7 Å². The lowest BCUT2D eigenvalue weighted by Gasteiger charge is -2.41. The van der Waals surface area contributed by atoms with E-state index in [0.717, 1.165) is 44.0 Å². The van der Waals surface area contributed by atoms with Crippen molar-refractivity contribution in [2.45, 2.75) is 32.3 Å². The molecule has 2 aliphatic rings. The summed E-state index contributed by atoms with van der Waals surface area (Å²) in [5.41, 5.74) is -0.000106. The van der Waals surface area contributed by atoms with Crippen molar-refractivity contribution >= 4 is 17.7 Å². The first-order valence-corrected chi connectivity index (χ1v) is 7.30. The van der Waals surface area contributed by atoms with Gasteiger partial charge in [0.25, 0.3) is 0 Å². The zero-order valence-corrected chi connectivity index (χ0v) is 11.0. The first kappa shape index (κ1) is 12.2. The zero-order chi connectivity index (χ0) is 11.6. The molecule has 2 rings (SSSR count). The summed E-state index contributed by atoms with van der Waals surface area (Å²) in [6, 6.07) is 0. The molecule has 2 saturated heterocycles. The third kappa shape index (κ3) is 2.54. The van der Waals surface area contributed by atoms with Crippen LogP contribution in [0.3, 0.4) is 0 Å². The van der Waals surface area contributed by atoms with Gasteiger partial charge in [-0.1, -0.05) is 0 Å². The van der Waals surface area contributed by atoms with E-state index in [4.69, 9.17) is 4.74 Å². The maximum absolute atomic E-state index is 12.0. The summed E-state index contributed by atoms with van der Waals surface area (Å²) in [5.74, 6) is 2.73. The molecule has 2 heterocycles. The predicted octanol–water partition coefficient (Wildman–Crippen LogP) is 1.77. The molecule has 0 atom stereocenters. The van der Waals surface area contributed by atoms with E-state index >= 15 is 0 Å². The van der Waals surface area contributed by atoms with E-state index in [9.17, 15) is 4.79 Å². The Balaban J connectivity index is 1.82. The number of piperidine rings is 1. The molecule has 0 aliphatic carbocycles. The van der Waals surface area contributed by atoms with Crippen LogP contribution in [0.2, 0.25) is 0 Å². The van der Waals surface area contributed by atoms with Gasteiger partial charge in [0, 0.05) is 31.2 Å². The summed E-state index contributed by atoms with van der Waals surface area (Å²) < 4.78 is 5.76. The number of ether oxygens (including phenoxy) is 1. The maximum atomic E-state index is 12.0. The molecule has 0 aromatic heterocycles. The van der Waals surface area contributed by atoms with Crippen molar-refractivity contribution in [3.63, 3.8) is 0 Å². The second kappa shape index (κ2) is 4.96. The van der Waals surface area contributed by atoms with Crippen molar-refractivity contribution in [1.82, 2.24) is 4.90 Å². The van der Waals surface area contributed by atoms with Crippen LogP contribution >= 0.6 is 11.8 Å². The minimum Gasteiger partial charge on any atom is -0.375 e. The van der Waals surface area contributed by atoms with E-state index in [2.05, 4.69) is 6.92 Å². The van der Waals surface area contributed by atoms with E-state index in [0.29, 0.717) is 11.8 Å².